The van der Waals surface area contributed by atoms with Gasteiger partial charge in [-0.25, -0.2) is 4.79 Å². The molecule has 1 fully saturated rings. The largest absolute Gasteiger partial charge is 0.465 e. The number of pyridine rings is 1. The Kier molecular flexibility index (Phi) is 6.71. The molecule has 0 radical (unpaired) electrons. The van der Waals surface area contributed by atoms with E-state index in [0.717, 1.165) is 31.5 Å². The van der Waals surface area contributed by atoms with Crippen LogP contribution in [0.25, 0.3) is 0 Å². The topological polar surface area (TPSA) is 59.5 Å². The zero-order valence-electron chi connectivity index (χ0n) is 15.8. The van der Waals surface area contributed by atoms with Gasteiger partial charge in [0.25, 0.3) is 0 Å². The summed E-state index contributed by atoms with van der Waals surface area (Å²) >= 11 is 0. The molecule has 0 amide bonds. The SMILES string of the molecule is COC(=O)c1ccc(CC(=O)CCCN2CCC[C@H]2c2cccnc2)cc1. The molecule has 3 rings (SSSR count). The summed E-state index contributed by atoms with van der Waals surface area (Å²) in [6, 6.07) is 11.6. The number of carbonyl (C=O) groups is 2. The Hall–Kier alpha value is -2.53. The second-order valence-corrected chi connectivity index (χ2v) is 6.99. The summed E-state index contributed by atoms with van der Waals surface area (Å²) in [5, 5.41) is 0. The highest BCUT2D eigenvalue weighted by Gasteiger charge is 2.25. The summed E-state index contributed by atoms with van der Waals surface area (Å²) in [5.74, 6) is -0.125. The fourth-order valence-electron chi connectivity index (χ4n) is 3.72. The van der Waals surface area contributed by atoms with Gasteiger partial charge >= 0.3 is 5.97 Å². The maximum atomic E-state index is 12.3. The second-order valence-electron chi connectivity index (χ2n) is 6.99. The Morgan fingerprint density at radius 1 is 1.22 bits per heavy atom. The monoisotopic (exact) mass is 366 g/mol. The van der Waals surface area contributed by atoms with Crippen LogP contribution in [0.2, 0.25) is 0 Å². The lowest BCUT2D eigenvalue weighted by Crippen LogP contribution is -2.25. The number of Topliss-reactive ketones (excluding diaryl/α,β-unsaturated/α-hetero) is 1. The molecule has 5 heteroatoms. The van der Waals surface area contributed by atoms with E-state index in [-0.39, 0.29) is 11.8 Å². The molecule has 1 aromatic carbocycles. The van der Waals surface area contributed by atoms with Crippen LogP contribution >= 0.6 is 0 Å². The molecule has 0 aliphatic carbocycles. The average molecular weight is 366 g/mol. The number of ether oxygens (including phenoxy) is 1. The van der Waals surface area contributed by atoms with Crippen molar-refractivity contribution in [3.05, 3.63) is 65.5 Å². The first kappa shape index (κ1) is 19.2. The summed E-state index contributed by atoms with van der Waals surface area (Å²) < 4.78 is 4.69. The molecule has 1 aliphatic heterocycles. The van der Waals surface area contributed by atoms with Gasteiger partial charge in [-0.05, 0) is 61.7 Å². The van der Waals surface area contributed by atoms with Gasteiger partial charge in [-0.2, -0.15) is 0 Å². The maximum Gasteiger partial charge on any atom is 0.337 e. The van der Waals surface area contributed by atoms with Gasteiger partial charge in [-0.3, -0.25) is 14.7 Å². The molecule has 1 atom stereocenters. The molecular formula is C22H26N2O3. The van der Waals surface area contributed by atoms with Crippen molar-refractivity contribution in [1.29, 1.82) is 0 Å². The van der Waals surface area contributed by atoms with E-state index in [2.05, 4.69) is 20.7 Å². The summed E-state index contributed by atoms with van der Waals surface area (Å²) in [6.45, 7) is 2.02. The van der Waals surface area contributed by atoms with Crippen molar-refractivity contribution in [3.8, 4) is 0 Å². The van der Waals surface area contributed by atoms with Gasteiger partial charge in [0.05, 0.1) is 12.7 Å². The molecule has 2 heterocycles. The minimum atomic E-state index is -0.360. The number of aromatic nitrogens is 1. The normalized spacial score (nSPS) is 17.0. The average Bonchev–Trinajstić information content (AvgIpc) is 3.17. The number of benzene rings is 1. The summed E-state index contributed by atoms with van der Waals surface area (Å²) in [6.07, 6.45) is 7.97. The first-order valence-electron chi connectivity index (χ1n) is 9.50. The molecule has 1 saturated heterocycles. The third-order valence-corrected chi connectivity index (χ3v) is 5.11. The van der Waals surface area contributed by atoms with Gasteiger partial charge < -0.3 is 4.74 Å². The molecule has 0 bridgehead atoms. The lowest BCUT2D eigenvalue weighted by Gasteiger charge is -2.24. The molecule has 1 aromatic heterocycles. The Bertz CT molecular complexity index is 759. The highest BCUT2D eigenvalue weighted by molar-refractivity contribution is 5.89. The number of hydrogen-bond donors (Lipinski definition) is 0. The van der Waals surface area contributed by atoms with Crippen molar-refractivity contribution < 1.29 is 14.3 Å². The third-order valence-electron chi connectivity index (χ3n) is 5.11. The van der Waals surface area contributed by atoms with E-state index in [4.69, 9.17) is 0 Å². The van der Waals surface area contributed by atoms with Gasteiger partial charge in [0.2, 0.25) is 0 Å². The van der Waals surface area contributed by atoms with Crippen molar-refractivity contribution in [3.63, 3.8) is 0 Å². The lowest BCUT2D eigenvalue weighted by atomic mass is 10.0. The first-order chi connectivity index (χ1) is 13.2. The fraction of sp³-hybridized carbons (Fsp3) is 0.409. The van der Waals surface area contributed by atoms with Crippen molar-refractivity contribution in [2.45, 2.75) is 38.1 Å². The summed E-state index contributed by atoms with van der Waals surface area (Å²) in [4.78, 5) is 30.4. The number of esters is 1. The van der Waals surface area contributed by atoms with E-state index in [0.29, 0.717) is 24.4 Å². The predicted octanol–water partition coefficient (Wildman–Crippen LogP) is 3.60. The van der Waals surface area contributed by atoms with Crippen LogP contribution in [-0.4, -0.2) is 41.8 Å². The molecule has 0 spiro atoms. The summed E-state index contributed by atoms with van der Waals surface area (Å²) in [7, 11) is 1.36. The van der Waals surface area contributed by atoms with Crippen LogP contribution in [0.15, 0.2) is 48.8 Å². The number of methoxy groups -OCH3 is 1. The molecule has 142 valence electrons. The minimum absolute atomic E-state index is 0.234. The molecule has 2 aromatic rings. The number of nitrogens with zero attached hydrogens (tertiary/aromatic N) is 2. The molecule has 0 unspecified atom stereocenters. The van der Waals surface area contributed by atoms with E-state index in [1.165, 1.54) is 19.1 Å². The summed E-state index contributed by atoms with van der Waals surface area (Å²) in [5.41, 5.74) is 2.71. The van der Waals surface area contributed by atoms with Gasteiger partial charge in [0.1, 0.15) is 5.78 Å². The van der Waals surface area contributed by atoms with Crippen LogP contribution in [-0.2, 0) is 16.0 Å². The van der Waals surface area contributed by atoms with Gasteiger partial charge in [-0.15, -0.1) is 0 Å². The fourth-order valence-corrected chi connectivity index (χ4v) is 3.72. The van der Waals surface area contributed by atoms with Crippen molar-refractivity contribution in [2.75, 3.05) is 20.2 Å². The van der Waals surface area contributed by atoms with E-state index < -0.39 is 0 Å². The van der Waals surface area contributed by atoms with E-state index in [1.807, 2.05) is 24.4 Å². The Labute approximate surface area is 160 Å². The molecule has 1 aliphatic rings. The van der Waals surface area contributed by atoms with Crippen LogP contribution in [0.3, 0.4) is 0 Å². The highest BCUT2D eigenvalue weighted by atomic mass is 16.5. The molecule has 5 nitrogen and oxygen atoms in total. The lowest BCUT2D eigenvalue weighted by molar-refractivity contribution is -0.118. The van der Waals surface area contributed by atoms with Crippen molar-refractivity contribution in [1.82, 2.24) is 9.88 Å². The number of ketones is 1. The second kappa shape index (κ2) is 9.42. The Morgan fingerprint density at radius 3 is 2.74 bits per heavy atom. The Balaban J connectivity index is 1.45. The predicted molar refractivity (Wildman–Crippen MR) is 104 cm³/mol. The Morgan fingerprint density at radius 2 is 2.04 bits per heavy atom. The quantitative estimate of drug-likeness (QED) is 0.668. The van der Waals surface area contributed by atoms with Crippen LogP contribution < -0.4 is 0 Å². The van der Waals surface area contributed by atoms with E-state index in [1.54, 1.807) is 18.3 Å². The van der Waals surface area contributed by atoms with Gasteiger partial charge in [0.15, 0.2) is 0 Å². The van der Waals surface area contributed by atoms with Crippen LogP contribution in [0.5, 0.6) is 0 Å². The number of rotatable bonds is 8. The van der Waals surface area contributed by atoms with Crippen LogP contribution in [0.1, 0.15) is 53.2 Å². The van der Waals surface area contributed by atoms with Gasteiger partial charge in [-0.1, -0.05) is 18.2 Å². The standard InChI is InChI=1S/C22H26N2O3/c1-27-22(26)18-10-8-17(9-11-18)15-20(25)6-3-13-24-14-4-7-21(24)19-5-2-12-23-16-19/h2,5,8-12,16,21H,3-4,6-7,13-15H2,1H3/t21-/m0/s1. The number of likely N-dealkylation sites (tertiary alicyclic amines) is 1. The molecular weight excluding hydrogens is 340 g/mol. The molecule has 0 N–H and O–H groups in total. The minimum Gasteiger partial charge on any atom is -0.465 e. The molecule has 27 heavy (non-hydrogen) atoms. The molecule has 0 saturated carbocycles. The van der Waals surface area contributed by atoms with E-state index >= 15 is 0 Å². The van der Waals surface area contributed by atoms with Crippen LogP contribution in [0.4, 0.5) is 0 Å². The number of hydrogen-bond acceptors (Lipinski definition) is 5. The zero-order chi connectivity index (χ0) is 19.1. The van der Waals surface area contributed by atoms with Gasteiger partial charge in [0, 0.05) is 31.3 Å². The van der Waals surface area contributed by atoms with Crippen LogP contribution in [0, 0.1) is 0 Å². The number of carbonyl (C=O) groups excluding carboxylic acids is 2. The highest BCUT2D eigenvalue weighted by Crippen LogP contribution is 2.31. The zero-order valence-corrected chi connectivity index (χ0v) is 15.8. The van der Waals surface area contributed by atoms with E-state index in [9.17, 15) is 9.59 Å². The maximum absolute atomic E-state index is 12.3. The third kappa shape index (κ3) is 5.23. The first-order valence-corrected chi connectivity index (χ1v) is 9.50. The smallest absolute Gasteiger partial charge is 0.337 e. The van der Waals surface area contributed by atoms with Crippen molar-refractivity contribution >= 4 is 11.8 Å². The van der Waals surface area contributed by atoms with Crippen molar-refractivity contribution in [2.24, 2.45) is 0 Å².